The van der Waals surface area contributed by atoms with Crippen molar-refractivity contribution in [3.63, 3.8) is 0 Å². The summed E-state index contributed by atoms with van der Waals surface area (Å²) in [5, 5.41) is 2.71. The van der Waals surface area contributed by atoms with Gasteiger partial charge in [-0.1, -0.05) is 32.0 Å². The van der Waals surface area contributed by atoms with E-state index in [1.807, 2.05) is 0 Å². The van der Waals surface area contributed by atoms with Crippen LogP contribution in [0.25, 0.3) is 6.08 Å². The number of hydrogen-bond donors (Lipinski definition) is 1. The highest BCUT2D eigenvalue weighted by atomic mass is 32.2. The molecule has 8 heteroatoms. The predicted molar refractivity (Wildman–Crippen MR) is 119 cm³/mol. The van der Waals surface area contributed by atoms with E-state index >= 15 is 0 Å². The molecule has 0 bridgehead atoms. The van der Waals surface area contributed by atoms with Gasteiger partial charge in [-0.25, -0.2) is 8.42 Å². The molecular formula is C22H27N3O4S. The van der Waals surface area contributed by atoms with Crippen molar-refractivity contribution in [2.24, 2.45) is 0 Å². The van der Waals surface area contributed by atoms with Gasteiger partial charge in [0.05, 0.1) is 4.90 Å². The summed E-state index contributed by atoms with van der Waals surface area (Å²) in [5.74, 6) is -0.509. The molecule has 0 aromatic heterocycles. The molecule has 2 amide bonds. The van der Waals surface area contributed by atoms with Crippen LogP contribution in [0.15, 0.2) is 59.5 Å². The summed E-state index contributed by atoms with van der Waals surface area (Å²) >= 11 is 0. The first kappa shape index (κ1) is 23.3. The van der Waals surface area contributed by atoms with Crippen LogP contribution in [0, 0.1) is 0 Å². The number of carbonyl (C=O) groups excluding carboxylic acids is 2. The van der Waals surface area contributed by atoms with Crippen molar-refractivity contribution in [1.29, 1.82) is 0 Å². The van der Waals surface area contributed by atoms with E-state index < -0.39 is 10.0 Å². The van der Waals surface area contributed by atoms with Crippen LogP contribution in [0.1, 0.15) is 29.8 Å². The van der Waals surface area contributed by atoms with E-state index in [9.17, 15) is 18.0 Å². The lowest BCUT2D eigenvalue weighted by molar-refractivity contribution is -0.111. The molecule has 0 radical (unpaired) electrons. The Bertz CT molecular complexity index is 1020. The monoisotopic (exact) mass is 429 g/mol. The van der Waals surface area contributed by atoms with E-state index in [0.29, 0.717) is 29.9 Å². The molecule has 0 fully saturated rings. The van der Waals surface area contributed by atoms with Gasteiger partial charge in [-0.15, -0.1) is 0 Å². The molecule has 7 nitrogen and oxygen atoms in total. The molecule has 160 valence electrons. The summed E-state index contributed by atoms with van der Waals surface area (Å²) in [5.41, 5.74) is 1.69. The zero-order chi connectivity index (χ0) is 22.3. The van der Waals surface area contributed by atoms with Crippen LogP contribution >= 0.6 is 0 Å². The number of benzene rings is 2. The van der Waals surface area contributed by atoms with Crippen LogP contribution in [0.4, 0.5) is 5.69 Å². The summed E-state index contributed by atoms with van der Waals surface area (Å²) in [6.45, 7) is 4.40. The van der Waals surface area contributed by atoms with Gasteiger partial charge in [0.15, 0.2) is 0 Å². The van der Waals surface area contributed by atoms with E-state index in [0.717, 1.165) is 0 Å². The van der Waals surface area contributed by atoms with Gasteiger partial charge in [-0.05, 0) is 42.0 Å². The minimum Gasteiger partial charge on any atom is -0.345 e. The molecule has 0 aliphatic carbocycles. The quantitative estimate of drug-likeness (QED) is 0.654. The van der Waals surface area contributed by atoms with Crippen molar-refractivity contribution in [2.75, 3.05) is 32.5 Å². The standard InChI is InChI=1S/C22H27N3O4S/c1-5-25(6-2)30(28,29)20-13-10-17(11-14-20)12-15-21(26)23-19-9-7-8-18(16-19)22(27)24(3)4/h7-16H,5-6H2,1-4H3,(H,23,26)/b15-12+. The van der Waals surface area contributed by atoms with Gasteiger partial charge in [0, 0.05) is 44.5 Å². The number of hydrogen-bond acceptors (Lipinski definition) is 4. The fraction of sp³-hybridized carbons (Fsp3) is 0.273. The largest absolute Gasteiger partial charge is 0.345 e. The van der Waals surface area contributed by atoms with Crippen LogP contribution in [0.5, 0.6) is 0 Å². The molecule has 2 aromatic rings. The Morgan fingerprint density at radius 3 is 2.20 bits per heavy atom. The number of amides is 2. The van der Waals surface area contributed by atoms with Crippen LogP contribution in [-0.4, -0.2) is 56.6 Å². The third-order valence-electron chi connectivity index (χ3n) is 4.43. The molecular weight excluding hydrogens is 402 g/mol. The first-order valence-electron chi connectivity index (χ1n) is 9.60. The second-order valence-corrected chi connectivity index (χ2v) is 8.70. The number of sulfonamides is 1. The number of nitrogens with zero attached hydrogens (tertiary/aromatic N) is 2. The molecule has 30 heavy (non-hydrogen) atoms. The molecule has 1 N–H and O–H groups in total. The highest BCUT2D eigenvalue weighted by molar-refractivity contribution is 7.89. The van der Waals surface area contributed by atoms with E-state index in [-0.39, 0.29) is 16.7 Å². The zero-order valence-electron chi connectivity index (χ0n) is 17.6. The Morgan fingerprint density at radius 2 is 1.63 bits per heavy atom. The second-order valence-electron chi connectivity index (χ2n) is 6.76. The Morgan fingerprint density at radius 1 is 1.00 bits per heavy atom. The molecule has 2 rings (SSSR count). The lowest BCUT2D eigenvalue weighted by atomic mass is 10.1. The maximum atomic E-state index is 12.5. The fourth-order valence-corrected chi connectivity index (χ4v) is 4.27. The van der Waals surface area contributed by atoms with Gasteiger partial charge < -0.3 is 10.2 Å². The fourth-order valence-electron chi connectivity index (χ4n) is 2.81. The topological polar surface area (TPSA) is 86.8 Å². The van der Waals surface area contributed by atoms with E-state index in [1.54, 1.807) is 70.4 Å². The number of anilines is 1. The van der Waals surface area contributed by atoms with E-state index in [1.165, 1.54) is 27.4 Å². The number of carbonyl (C=O) groups is 2. The highest BCUT2D eigenvalue weighted by Gasteiger charge is 2.20. The van der Waals surface area contributed by atoms with Crippen LogP contribution in [0.2, 0.25) is 0 Å². The van der Waals surface area contributed by atoms with Gasteiger partial charge in [0.1, 0.15) is 0 Å². The normalized spacial score (nSPS) is 11.6. The Hall–Kier alpha value is -2.97. The Kier molecular flexibility index (Phi) is 7.91. The number of rotatable bonds is 8. The van der Waals surface area contributed by atoms with Crippen LogP contribution < -0.4 is 5.32 Å². The van der Waals surface area contributed by atoms with Crippen molar-refractivity contribution in [3.05, 3.63) is 65.7 Å². The third-order valence-corrected chi connectivity index (χ3v) is 6.50. The molecule has 0 aliphatic heterocycles. The maximum Gasteiger partial charge on any atom is 0.253 e. The van der Waals surface area contributed by atoms with E-state index in [4.69, 9.17) is 0 Å². The number of nitrogens with one attached hydrogen (secondary N) is 1. The molecule has 0 aliphatic rings. The van der Waals surface area contributed by atoms with Gasteiger partial charge in [0.2, 0.25) is 15.9 Å². The SMILES string of the molecule is CCN(CC)S(=O)(=O)c1ccc(/C=C/C(=O)Nc2cccc(C(=O)N(C)C)c2)cc1. The highest BCUT2D eigenvalue weighted by Crippen LogP contribution is 2.17. The zero-order valence-corrected chi connectivity index (χ0v) is 18.4. The molecule has 0 spiro atoms. The summed E-state index contributed by atoms with van der Waals surface area (Å²) in [4.78, 5) is 25.9. The van der Waals surface area contributed by atoms with Crippen molar-refractivity contribution in [2.45, 2.75) is 18.7 Å². The van der Waals surface area contributed by atoms with Crippen molar-refractivity contribution >= 4 is 33.6 Å². The summed E-state index contributed by atoms with van der Waals surface area (Å²) in [7, 11) is -0.185. The van der Waals surface area contributed by atoms with Crippen molar-refractivity contribution < 1.29 is 18.0 Å². The lowest BCUT2D eigenvalue weighted by Crippen LogP contribution is -2.30. The first-order chi connectivity index (χ1) is 14.2. The maximum absolute atomic E-state index is 12.5. The molecule has 2 aromatic carbocycles. The molecule has 0 unspecified atom stereocenters. The first-order valence-corrected chi connectivity index (χ1v) is 11.0. The van der Waals surface area contributed by atoms with Gasteiger partial charge >= 0.3 is 0 Å². The minimum atomic E-state index is -3.51. The Labute approximate surface area is 178 Å². The third kappa shape index (κ3) is 5.77. The van der Waals surface area contributed by atoms with Crippen LogP contribution in [0.3, 0.4) is 0 Å². The second kappa shape index (κ2) is 10.2. The van der Waals surface area contributed by atoms with Crippen LogP contribution in [-0.2, 0) is 14.8 Å². The van der Waals surface area contributed by atoms with Crippen molar-refractivity contribution in [1.82, 2.24) is 9.21 Å². The molecule has 0 heterocycles. The van der Waals surface area contributed by atoms with Crippen molar-refractivity contribution in [3.8, 4) is 0 Å². The lowest BCUT2D eigenvalue weighted by Gasteiger charge is -2.18. The molecule has 0 atom stereocenters. The molecule has 0 saturated heterocycles. The smallest absolute Gasteiger partial charge is 0.253 e. The predicted octanol–water partition coefficient (Wildman–Crippen LogP) is 3.07. The van der Waals surface area contributed by atoms with Gasteiger partial charge in [-0.3, -0.25) is 9.59 Å². The minimum absolute atomic E-state index is 0.151. The molecule has 0 saturated carbocycles. The summed E-state index contributed by atoms with van der Waals surface area (Å²) in [6.07, 6.45) is 2.95. The average Bonchev–Trinajstić information content (AvgIpc) is 2.72. The summed E-state index contributed by atoms with van der Waals surface area (Å²) in [6, 6.07) is 13.1. The van der Waals surface area contributed by atoms with E-state index in [2.05, 4.69) is 5.32 Å². The average molecular weight is 430 g/mol. The Balaban J connectivity index is 2.07. The summed E-state index contributed by atoms with van der Waals surface area (Å²) < 4.78 is 26.4. The van der Waals surface area contributed by atoms with Gasteiger partial charge in [0.25, 0.3) is 5.91 Å². The van der Waals surface area contributed by atoms with Gasteiger partial charge in [-0.2, -0.15) is 4.31 Å².